The summed E-state index contributed by atoms with van der Waals surface area (Å²) in [4.78, 5) is 11.9. The van der Waals surface area contributed by atoms with Gasteiger partial charge in [0.25, 0.3) is 0 Å². The number of hydrogen-bond acceptors (Lipinski definition) is 7. The lowest BCUT2D eigenvalue weighted by Gasteiger charge is -2.32. The molecule has 0 unspecified atom stereocenters. The molecule has 0 spiro atoms. The monoisotopic (exact) mass is 839 g/mol. The van der Waals surface area contributed by atoms with Crippen molar-refractivity contribution in [2.75, 3.05) is 0 Å². The first-order valence-corrected chi connectivity index (χ1v) is 33.9. The molecule has 0 aliphatic carbocycles. The first-order chi connectivity index (χ1) is 26.4. The van der Waals surface area contributed by atoms with Crippen LogP contribution in [0.4, 0.5) is 0 Å². The Balaban J connectivity index is 1.43. The Labute approximate surface area is 349 Å². The number of ether oxygens (including phenoxy) is 3. The minimum absolute atomic E-state index is 0.0592. The molecule has 0 radical (unpaired) electrons. The van der Waals surface area contributed by atoms with Gasteiger partial charge in [0, 0.05) is 11.7 Å². The second-order valence-corrected chi connectivity index (χ2v) is 34.0. The van der Waals surface area contributed by atoms with Gasteiger partial charge in [-0.05, 0) is 136 Å². The molecule has 3 aliphatic rings. The van der Waals surface area contributed by atoms with E-state index in [1.807, 2.05) is 13.0 Å². The molecule has 0 bridgehead atoms. The van der Waals surface area contributed by atoms with Crippen molar-refractivity contribution in [2.24, 2.45) is 0 Å². The summed E-state index contributed by atoms with van der Waals surface area (Å²) >= 11 is 0. The molecule has 8 atom stereocenters. The van der Waals surface area contributed by atoms with Crippen molar-refractivity contribution in [2.45, 2.75) is 276 Å². The normalized spacial score (nSPS) is 25.1. The van der Waals surface area contributed by atoms with Crippen LogP contribution in [-0.2, 0) is 32.3 Å². The van der Waals surface area contributed by atoms with Gasteiger partial charge < -0.3 is 27.5 Å². The number of cyclic esters (lactones) is 1. The van der Waals surface area contributed by atoms with E-state index in [-0.39, 0.29) is 48.7 Å². The molecule has 0 N–H and O–H groups in total. The van der Waals surface area contributed by atoms with E-state index in [0.29, 0.717) is 6.10 Å². The lowest BCUT2D eigenvalue weighted by atomic mass is 9.99. The Kier molecular flexibility index (Phi) is 22.7. The molecular weight excluding hydrogens is 749 g/mol. The van der Waals surface area contributed by atoms with E-state index in [1.165, 1.54) is 83.5 Å². The summed E-state index contributed by atoms with van der Waals surface area (Å²) in [6, 6.07) is 0. The molecule has 3 heterocycles. The highest BCUT2D eigenvalue weighted by molar-refractivity contribution is 6.70. The van der Waals surface area contributed by atoms with Crippen molar-refractivity contribution in [3.05, 3.63) is 11.6 Å². The van der Waals surface area contributed by atoms with Crippen LogP contribution in [0, 0.1) is 0 Å². The third-order valence-electron chi connectivity index (χ3n) is 11.5. The zero-order chi connectivity index (χ0) is 41.2. The summed E-state index contributed by atoms with van der Waals surface area (Å²) in [6.45, 7) is 25.1. The Morgan fingerprint density at radius 3 is 1.43 bits per heavy atom. The Morgan fingerprint density at radius 2 is 0.982 bits per heavy atom. The Morgan fingerprint density at radius 1 is 0.571 bits per heavy atom. The van der Waals surface area contributed by atoms with E-state index < -0.39 is 25.0 Å². The SMILES string of the molecule is CCCCCCCCCC[C@@H](O[Si](C)(C)C)[C@H]1CC[C@H]([C@H]2CC[C@H]([C@@H](CCCC[C@H](CCCCCCCC3=C[C@H](C)OC3=O)O[Si](C)(C)C)O[Si](C)(C)C)O2)O1. The smallest absolute Gasteiger partial charge is 0.334 e. The van der Waals surface area contributed by atoms with Crippen LogP contribution in [0.5, 0.6) is 0 Å². The van der Waals surface area contributed by atoms with Crippen molar-refractivity contribution < 1.29 is 32.3 Å². The molecule has 56 heavy (non-hydrogen) atoms. The lowest BCUT2D eigenvalue weighted by molar-refractivity contribution is -0.139. The highest BCUT2D eigenvalue weighted by Gasteiger charge is 2.43. The highest BCUT2D eigenvalue weighted by atomic mass is 28.4. The third-order valence-corrected chi connectivity index (χ3v) is 14.6. The van der Waals surface area contributed by atoms with E-state index in [2.05, 4.69) is 65.8 Å². The van der Waals surface area contributed by atoms with Gasteiger partial charge in [-0.1, -0.05) is 96.8 Å². The quantitative estimate of drug-likeness (QED) is 0.0391. The van der Waals surface area contributed by atoms with Crippen LogP contribution in [0.2, 0.25) is 58.9 Å². The Hall–Kier alpha value is -0.339. The van der Waals surface area contributed by atoms with Gasteiger partial charge in [0.2, 0.25) is 0 Å². The molecule has 0 aromatic carbocycles. The summed E-state index contributed by atoms with van der Waals surface area (Å²) in [7, 11) is -5.06. The summed E-state index contributed by atoms with van der Waals surface area (Å²) in [5, 5.41) is 0. The highest BCUT2D eigenvalue weighted by Crippen LogP contribution is 2.37. The molecule has 2 fully saturated rings. The van der Waals surface area contributed by atoms with Gasteiger partial charge >= 0.3 is 5.97 Å². The average Bonchev–Trinajstić information content (AvgIpc) is 3.85. The van der Waals surface area contributed by atoms with E-state index in [4.69, 9.17) is 27.5 Å². The summed E-state index contributed by atoms with van der Waals surface area (Å²) in [6.07, 6.45) is 32.0. The van der Waals surface area contributed by atoms with Crippen molar-refractivity contribution in [1.29, 1.82) is 0 Å². The van der Waals surface area contributed by atoms with Crippen molar-refractivity contribution in [3.63, 3.8) is 0 Å². The minimum atomic E-state index is -1.75. The van der Waals surface area contributed by atoms with Gasteiger partial charge in [-0.2, -0.15) is 0 Å². The molecule has 7 nitrogen and oxygen atoms in total. The summed E-state index contributed by atoms with van der Waals surface area (Å²) in [5.74, 6) is -0.115. The maximum Gasteiger partial charge on any atom is 0.334 e. The van der Waals surface area contributed by atoms with Crippen LogP contribution < -0.4 is 0 Å². The van der Waals surface area contributed by atoms with Crippen LogP contribution in [0.15, 0.2) is 11.6 Å². The topological polar surface area (TPSA) is 72.5 Å². The van der Waals surface area contributed by atoms with Crippen molar-refractivity contribution in [1.82, 2.24) is 0 Å². The van der Waals surface area contributed by atoms with Gasteiger partial charge in [0.05, 0.1) is 36.6 Å². The molecule has 0 aromatic heterocycles. The number of carbonyl (C=O) groups is 1. The van der Waals surface area contributed by atoms with Crippen LogP contribution >= 0.6 is 0 Å². The molecule has 2 saturated heterocycles. The number of hydrogen-bond donors (Lipinski definition) is 0. The molecule has 0 saturated carbocycles. The van der Waals surface area contributed by atoms with Crippen LogP contribution in [0.3, 0.4) is 0 Å². The van der Waals surface area contributed by atoms with E-state index in [1.54, 1.807) is 0 Å². The van der Waals surface area contributed by atoms with E-state index in [0.717, 1.165) is 76.2 Å². The summed E-state index contributed by atoms with van der Waals surface area (Å²) in [5.41, 5.74) is 0.870. The lowest BCUT2D eigenvalue weighted by Crippen LogP contribution is -2.41. The Bertz CT molecular complexity index is 1110. The first-order valence-electron chi connectivity index (χ1n) is 23.7. The number of esters is 1. The van der Waals surface area contributed by atoms with Gasteiger partial charge in [0.1, 0.15) is 6.10 Å². The zero-order valence-corrected chi connectivity index (χ0v) is 41.5. The van der Waals surface area contributed by atoms with Gasteiger partial charge in [-0.25, -0.2) is 4.79 Å². The van der Waals surface area contributed by atoms with Gasteiger partial charge in [-0.15, -0.1) is 0 Å². The largest absolute Gasteiger partial charge is 0.455 e. The van der Waals surface area contributed by atoms with Crippen LogP contribution in [0.1, 0.15) is 168 Å². The maximum atomic E-state index is 11.9. The fourth-order valence-corrected chi connectivity index (χ4v) is 12.6. The molecule has 0 amide bonds. The van der Waals surface area contributed by atoms with Crippen molar-refractivity contribution in [3.8, 4) is 0 Å². The fourth-order valence-electron chi connectivity index (χ4n) is 9.01. The predicted octanol–water partition coefficient (Wildman–Crippen LogP) is 13.4. The predicted molar refractivity (Wildman–Crippen MR) is 242 cm³/mol. The second kappa shape index (κ2) is 25.4. The molecule has 328 valence electrons. The zero-order valence-electron chi connectivity index (χ0n) is 38.5. The van der Waals surface area contributed by atoms with Crippen LogP contribution in [0.25, 0.3) is 0 Å². The standard InChI is InChI=1S/C46H90O7Si3/c1-12-13-14-15-16-17-21-24-30-44(52-55(6,7)8)42-34-32-40(49-42)41-33-35-43(50-41)45(53-56(9,10)11)31-26-25-29-39(51-54(3,4)5)28-23-20-18-19-22-27-38-36-37(2)48-46(38)47/h36-37,39-45H,12-35H2,1-11H3/t37-,39-,40+,41+,42+,43+,44+,45+/m0/s1. The molecule has 3 aliphatic heterocycles. The fraction of sp³-hybridized carbons (Fsp3) is 0.935. The van der Waals surface area contributed by atoms with Crippen LogP contribution in [-0.4, -0.2) is 79.8 Å². The first kappa shape index (κ1) is 50.0. The van der Waals surface area contributed by atoms with E-state index >= 15 is 0 Å². The third kappa shape index (κ3) is 21.3. The minimum Gasteiger partial charge on any atom is -0.455 e. The summed E-state index contributed by atoms with van der Waals surface area (Å²) < 4.78 is 39.4. The second-order valence-electron chi connectivity index (χ2n) is 20.6. The number of carbonyl (C=O) groups excluding carboxylic acids is 1. The van der Waals surface area contributed by atoms with E-state index in [9.17, 15) is 4.79 Å². The van der Waals surface area contributed by atoms with Crippen molar-refractivity contribution >= 4 is 30.9 Å². The molecule has 3 rings (SSSR count). The van der Waals surface area contributed by atoms with Gasteiger partial charge in [0.15, 0.2) is 25.0 Å². The molecular formula is C46H90O7Si3. The average molecular weight is 839 g/mol. The molecule has 10 heteroatoms. The molecule has 0 aromatic rings. The van der Waals surface area contributed by atoms with Gasteiger partial charge in [-0.3, -0.25) is 0 Å². The number of unbranched alkanes of at least 4 members (excludes halogenated alkanes) is 12. The number of rotatable bonds is 31. The maximum absolute atomic E-state index is 11.9.